The predicted octanol–water partition coefficient (Wildman–Crippen LogP) is 3.97. The minimum atomic E-state index is -3.56. The number of hydrogen-bond donors (Lipinski definition) is 1. The maximum absolute atomic E-state index is 13.3. The van der Waals surface area contributed by atoms with Gasteiger partial charge in [0.25, 0.3) is 0 Å². The van der Waals surface area contributed by atoms with Crippen molar-refractivity contribution >= 4 is 15.9 Å². The molecule has 0 aromatic heterocycles. The summed E-state index contributed by atoms with van der Waals surface area (Å²) in [5.41, 5.74) is 1.26. The molecular formula is C22H32N2O3S. The molecule has 0 bridgehead atoms. The molecule has 1 aliphatic carbocycles. The molecule has 6 heteroatoms. The fraction of sp³-hybridized carbons (Fsp3) is 0.591. The van der Waals surface area contributed by atoms with E-state index in [2.05, 4.69) is 11.9 Å². The van der Waals surface area contributed by atoms with Crippen LogP contribution < -0.4 is 5.32 Å². The molecular weight excluding hydrogens is 372 g/mol. The summed E-state index contributed by atoms with van der Waals surface area (Å²) in [4.78, 5) is 12.0. The number of carbonyl (C=O) groups is 1. The van der Waals surface area contributed by atoms with Crippen molar-refractivity contribution < 1.29 is 13.2 Å². The van der Waals surface area contributed by atoms with Crippen LogP contribution in [0.4, 0.5) is 0 Å². The van der Waals surface area contributed by atoms with E-state index in [0.717, 1.165) is 0 Å². The van der Waals surface area contributed by atoms with Gasteiger partial charge < -0.3 is 5.32 Å². The van der Waals surface area contributed by atoms with Gasteiger partial charge in [0.2, 0.25) is 15.9 Å². The lowest BCUT2D eigenvalue weighted by molar-refractivity contribution is -0.117. The molecule has 0 spiro atoms. The third-order valence-corrected chi connectivity index (χ3v) is 8.33. The monoisotopic (exact) mass is 404 g/mol. The number of hydrogen-bond acceptors (Lipinski definition) is 3. The third kappa shape index (κ3) is 4.49. The van der Waals surface area contributed by atoms with Gasteiger partial charge in [0.1, 0.15) is 0 Å². The largest absolute Gasteiger partial charge is 0.350 e. The third-order valence-electron chi connectivity index (χ3n) is 6.18. The maximum atomic E-state index is 13.3. The Bertz CT molecular complexity index is 786. The second kappa shape index (κ2) is 8.78. The minimum absolute atomic E-state index is 0.0318. The lowest BCUT2D eigenvalue weighted by Crippen LogP contribution is -2.54. The summed E-state index contributed by atoms with van der Waals surface area (Å²) in [5.74, 6) is 0.353. The second-order valence-electron chi connectivity index (χ2n) is 8.32. The van der Waals surface area contributed by atoms with Gasteiger partial charge >= 0.3 is 0 Å². The minimum Gasteiger partial charge on any atom is -0.350 e. The standard InChI is InChI=1S/C22H32N2O3S/c1-4-22(25)23-20-14-16(2)24(17(3)15-20)28(26,27)21-12-10-19(11-13-21)18-8-6-5-7-9-18/h4,10-13,16-18,20H,1,5-9,14-15H2,2-3H3,(H,23,25). The summed E-state index contributed by atoms with van der Waals surface area (Å²) in [7, 11) is -3.56. The molecule has 2 fully saturated rings. The second-order valence-corrected chi connectivity index (χ2v) is 10.2. The molecule has 28 heavy (non-hydrogen) atoms. The molecule has 1 aliphatic heterocycles. The zero-order valence-electron chi connectivity index (χ0n) is 16.9. The molecule has 154 valence electrons. The number of piperidine rings is 1. The molecule has 1 aromatic carbocycles. The summed E-state index contributed by atoms with van der Waals surface area (Å²) in [6.45, 7) is 7.31. The van der Waals surface area contributed by atoms with Crippen molar-refractivity contribution in [1.29, 1.82) is 0 Å². The van der Waals surface area contributed by atoms with Crippen LogP contribution in [0.1, 0.15) is 70.3 Å². The van der Waals surface area contributed by atoms with Crippen molar-refractivity contribution in [3.8, 4) is 0 Å². The topological polar surface area (TPSA) is 66.5 Å². The highest BCUT2D eigenvalue weighted by Gasteiger charge is 2.39. The normalized spacial score (nSPS) is 27.3. The summed E-state index contributed by atoms with van der Waals surface area (Å²) in [6.07, 6.45) is 8.68. The van der Waals surface area contributed by atoms with Crippen molar-refractivity contribution in [1.82, 2.24) is 9.62 Å². The smallest absolute Gasteiger partial charge is 0.243 e. The van der Waals surface area contributed by atoms with Gasteiger partial charge in [0.15, 0.2) is 0 Å². The Morgan fingerprint density at radius 1 is 1.07 bits per heavy atom. The zero-order valence-corrected chi connectivity index (χ0v) is 17.7. The quantitative estimate of drug-likeness (QED) is 0.755. The van der Waals surface area contributed by atoms with E-state index in [9.17, 15) is 13.2 Å². The van der Waals surface area contributed by atoms with Crippen molar-refractivity contribution in [2.75, 3.05) is 0 Å². The van der Waals surface area contributed by atoms with Crippen molar-refractivity contribution in [3.63, 3.8) is 0 Å². The van der Waals surface area contributed by atoms with E-state index in [1.165, 1.54) is 43.7 Å². The number of benzene rings is 1. The molecule has 2 unspecified atom stereocenters. The Morgan fingerprint density at radius 3 is 2.18 bits per heavy atom. The maximum Gasteiger partial charge on any atom is 0.243 e. The van der Waals surface area contributed by atoms with Gasteiger partial charge in [-0.1, -0.05) is 38.0 Å². The van der Waals surface area contributed by atoms with Crippen LogP contribution in [-0.2, 0) is 14.8 Å². The Morgan fingerprint density at radius 2 is 1.64 bits per heavy atom. The molecule has 1 saturated heterocycles. The van der Waals surface area contributed by atoms with Gasteiger partial charge in [-0.2, -0.15) is 4.31 Å². The summed E-state index contributed by atoms with van der Waals surface area (Å²) < 4.78 is 28.2. The lowest BCUT2D eigenvalue weighted by atomic mass is 9.84. The average molecular weight is 405 g/mol. The van der Waals surface area contributed by atoms with Crippen LogP contribution in [-0.4, -0.2) is 36.8 Å². The molecule has 0 radical (unpaired) electrons. The van der Waals surface area contributed by atoms with Gasteiger partial charge in [0.05, 0.1) is 4.90 Å². The van der Waals surface area contributed by atoms with E-state index < -0.39 is 10.0 Å². The van der Waals surface area contributed by atoms with Crippen LogP contribution in [0.5, 0.6) is 0 Å². The summed E-state index contributed by atoms with van der Waals surface area (Å²) in [5, 5.41) is 2.91. The fourth-order valence-electron chi connectivity index (χ4n) is 4.88. The molecule has 1 heterocycles. The van der Waals surface area contributed by atoms with E-state index in [0.29, 0.717) is 23.7 Å². The molecule has 1 aromatic rings. The Kier molecular flexibility index (Phi) is 6.61. The highest BCUT2D eigenvalue weighted by atomic mass is 32.2. The van der Waals surface area contributed by atoms with Gasteiger partial charge in [-0.15, -0.1) is 0 Å². The molecule has 1 amide bonds. The Labute approximate surface area is 169 Å². The van der Waals surface area contributed by atoms with Gasteiger partial charge in [0, 0.05) is 18.1 Å². The Balaban J connectivity index is 1.74. The first-order valence-electron chi connectivity index (χ1n) is 10.4. The van der Waals surface area contributed by atoms with Crippen LogP contribution in [0, 0.1) is 0 Å². The van der Waals surface area contributed by atoms with E-state index in [1.54, 1.807) is 16.4 Å². The predicted molar refractivity (Wildman–Crippen MR) is 112 cm³/mol. The van der Waals surface area contributed by atoms with E-state index in [4.69, 9.17) is 0 Å². The molecule has 2 atom stereocenters. The zero-order chi connectivity index (χ0) is 20.3. The van der Waals surface area contributed by atoms with Crippen LogP contribution in [0.3, 0.4) is 0 Å². The van der Waals surface area contributed by atoms with Gasteiger partial charge in [-0.25, -0.2) is 8.42 Å². The first-order valence-corrected chi connectivity index (χ1v) is 11.8. The highest BCUT2D eigenvalue weighted by Crippen LogP contribution is 2.34. The van der Waals surface area contributed by atoms with Crippen LogP contribution in [0.15, 0.2) is 41.8 Å². The molecule has 1 saturated carbocycles. The van der Waals surface area contributed by atoms with Crippen LogP contribution >= 0.6 is 0 Å². The van der Waals surface area contributed by atoms with Gasteiger partial charge in [-0.3, -0.25) is 4.79 Å². The van der Waals surface area contributed by atoms with Gasteiger partial charge in [-0.05, 0) is 69.2 Å². The fourth-order valence-corrected chi connectivity index (χ4v) is 6.73. The number of nitrogens with zero attached hydrogens (tertiary/aromatic N) is 1. The SMILES string of the molecule is C=CC(=O)NC1CC(C)N(S(=O)(=O)c2ccc(C3CCCCC3)cc2)C(C)C1. The first-order chi connectivity index (χ1) is 13.3. The van der Waals surface area contributed by atoms with E-state index in [1.807, 2.05) is 26.0 Å². The first kappa shape index (κ1) is 21.1. The van der Waals surface area contributed by atoms with Crippen molar-refractivity contribution in [2.45, 2.75) is 87.7 Å². The average Bonchev–Trinajstić information content (AvgIpc) is 2.68. The van der Waals surface area contributed by atoms with Crippen molar-refractivity contribution in [3.05, 3.63) is 42.5 Å². The summed E-state index contributed by atoms with van der Waals surface area (Å²) in [6, 6.07) is 7.14. The number of carbonyl (C=O) groups excluding carboxylic acids is 1. The molecule has 5 nitrogen and oxygen atoms in total. The molecule has 2 aliphatic rings. The van der Waals surface area contributed by atoms with E-state index >= 15 is 0 Å². The number of nitrogens with one attached hydrogen (secondary N) is 1. The summed E-state index contributed by atoms with van der Waals surface area (Å²) >= 11 is 0. The van der Waals surface area contributed by atoms with Crippen LogP contribution in [0.25, 0.3) is 0 Å². The lowest BCUT2D eigenvalue weighted by Gasteiger charge is -2.41. The highest BCUT2D eigenvalue weighted by molar-refractivity contribution is 7.89. The van der Waals surface area contributed by atoms with Crippen LogP contribution in [0.2, 0.25) is 0 Å². The number of sulfonamides is 1. The van der Waals surface area contributed by atoms with E-state index in [-0.39, 0.29) is 24.0 Å². The molecule has 3 rings (SSSR count). The number of amides is 1. The number of rotatable bonds is 5. The molecule has 1 N–H and O–H groups in total. The Hall–Kier alpha value is -1.66. The van der Waals surface area contributed by atoms with Crippen molar-refractivity contribution in [2.24, 2.45) is 0 Å².